The third-order valence-electron chi connectivity index (χ3n) is 9.97. The molecule has 278 valence electrons. The van der Waals surface area contributed by atoms with E-state index in [1.54, 1.807) is 9.80 Å². The van der Waals surface area contributed by atoms with Crippen molar-refractivity contribution in [3.63, 3.8) is 0 Å². The van der Waals surface area contributed by atoms with Crippen LogP contribution >= 0.6 is 0 Å². The molecule has 0 radical (unpaired) electrons. The monoisotopic (exact) mass is 724 g/mol. The van der Waals surface area contributed by atoms with Crippen LogP contribution in [0.2, 0.25) is 0 Å². The summed E-state index contributed by atoms with van der Waals surface area (Å²) in [5.74, 6) is -0.806. The summed E-state index contributed by atoms with van der Waals surface area (Å²) in [6.45, 7) is 4.33. The minimum Gasteiger partial charge on any atom is -0.493 e. The van der Waals surface area contributed by atoms with Gasteiger partial charge in [-0.25, -0.2) is 9.59 Å². The van der Waals surface area contributed by atoms with Gasteiger partial charge in [0.05, 0.1) is 13.2 Å². The number of rotatable bonds is 14. The van der Waals surface area contributed by atoms with Crippen molar-refractivity contribution in [3.05, 3.63) is 156 Å². The Labute approximate surface area is 317 Å². The lowest BCUT2D eigenvalue weighted by Crippen LogP contribution is -2.51. The number of hydrogen-bond acceptors (Lipinski definition) is 8. The largest absolute Gasteiger partial charge is 0.493 e. The van der Waals surface area contributed by atoms with Crippen LogP contribution in [-0.4, -0.2) is 63.1 Å². The van der Waals surface area contributed by atoms with Gasteiger partial charge >= 0.3 is 11.9 Å². The average Bonchev–Trinajstić information content (AvgIpc) is 3.17. The number of carbonyl (C=O) groups is 2. The number of nitrogens with zero attached hydrogens (tertiary/aromatic N) is 2. The van der Waals surface area contributed by atoms with Crippen molar-refractivity contribution in [2.45, 2.75) is 38.1 Å². The Bertz CT molecular complexity index is 2080. The van der Waals surface area contributed by atoms with Gasteiger partial charge in [-0.15, -0.1) is 0 Å². The van der Waals surface area contributed by atoms with E-state index in [9.17, 15) is 9.59 Å². The topological polar surface area (TPSA) is 77.5 Å². The minimum atomic E-state index is -1.37. The molecule has 6 aromatic carbocycles. The summed E-state index contributed by atoms with van der Waals surface area (Å²) in [6.07, 6.45) is 0.447. The van der Waals surface area contributed by atoms with Gasteiger partial charge in [0.2, 0.25) is 0 Å². The Hall–Kier alpha value is -5.70. The molecule has 0 saturated heterocycles. The second-order valence-corrected chi connectivity index (χ2v) is 14.0. The van der Waals surface area contributed by atoms with Gasteiger partial charge in [-0.3, -0.25) is 9.80 Å². The molecule has 0 fully saturated rings. The third-order valence-corrected chi connectivity index (χ3v) is 9.97. The molecule has 0 bridgehead atoms. The van der Waals surface area contributed by atoms with Crippen LogP contribution in [0.3, 0.4) is 0 Å². The van der Waals surface area contributed by atoms with Crippen molar-refractivity contribution < 1.29 is 28.5 Å². The van der Waals surface area contributed by atoms with Crippen LogP contribution in [0.15, 0.2) is 133 Å². The van der Waals surface area contributed by atoms with E-state index in [4.69, 9.17) is 18.9 Å². The SMILES string of the molecule is Cc1cccc(C(CCOc2cccc3ccccc23)(OC(=O)C(=O)OC(CCOc2cccc3ccccc23)(c2cccc(C)c2)N(C)C)N(C)C)c1. The first kappa shape index (κ1) is 38.0. The fourth-order valence-corrected chi connectivity index (χ4v) is 7.06. The van der Waals surface area contributed by atoms with Gasteiger partial charge in [0.1, 0.15) is 11.5 Å². The summed E-state index contributed by atoms with van der Waals surface area (Å²) >= 11 is 0. The molecule has 54 heavy (non-hydrogen) atoms. The Morgan fingerprint density at radius 2 is 0.870 bits per heavy atom. The predicted octanol–water partition coefficient (Wildman–Crippen LogP) is 8.76. The van der Waals surface area contributed by atoms with Gasteiger partial charge in [-0.2, -0.15) is 0 Å². The zero-order chi connectivity index (χ0) is 38.3. The predicted molar refractivity (Wildman–Crippen MR) is 213 cm³/mol. The van der Waals surface area contributed by atoms with Crippen LogP contribution in [0, 0.1) is 13.8 Å². The highest BCUT2D eigenvalue weighted by molar-refractivity contribution is 6.30. The van der Waals surface area contributed by atoms with E-state index < -0.39 is 23.4 Å². The standard InChI is InChI=1S/C46H48N2O6/c1-33-15-11-21-37(31-33)45(47(3)4,27-29-51-41-25-13-19-35-17-7-9-23-39(35)41)53-43(49)44(50)54-46(48(5)6,38-22-12-16-34(2)32-38)28-30-52-42-26-14-20-36-18-8-10-24-40(36)42/h7-26,31-32H,27-30H2,1-6H3. The summed E-state index contributed by atoms with van der Waals surface area (Å²) in [5, 5.41) is 4.07. The van der Waals surface area contributed by atoms with E-state index >= 15 is 0 Å². The van der Waals surface area contributed by atoms with Gasteiger partial charge in [0.25, 0.3) is 0 Å². The van der Waals surface area contributed by atoms with Crippen molar-refractivity contribution in [1.29, 1.82) is 0 Å². The summed E-state index contributed by atoms with van der Waals surface area (Å²) < 4.78 is 25.3. The first-order chi connectivity index (χ1) is 26.0. The summed E-state index contributed by atoms with van der Waals surface area (Å²) in [7, 11) is 7.28. The molecule has 0 aliphatic heterocycles. The third kappa shape index (κ3) is 8.10. The van der Waals surface area contributed by atoms with E-state index in [1.165, 1.54) is 0 Å². The molecule has 0 heterocycles. The molecule has 0 saturated carbocycles. The Morgan fingerprint density at radius 3 is 1.26 bits per heavy atom. The fourth-order valence-electron chi connectivity index (χ4n) is 7.06. The van der Waals surface area contributed by atoms with Crippen LogP contribution in [0.1, 0.15) is 35.1 Å². The van der Waals surface area contributed by atoms with E-state index in [1.807, 2.05) is 175 Å². The van der Waals surface area contributed by atoms with E-state index in [2.05, 4.69) is 0 Å². The van der Waals surface area contributed by atoms with Crippen molar-refractivity contribution in [2.75, 3.05) is 41.4 Å². The number of esters is 2. The van der Waals surface area contributed by atoms with Crippen molar-refractivity contribution in [3.8, 4) is 11.5 Å². The molecular weight excluding hydrogens is 677 g/mol. The summed E-state index contributed by atoms with van der Waals surface area (Å²) in [6, 6.07) is 43.3. The average molecular weight is 725 g/mol. The molecule has 0 aromatic heterocycles. The van der Waals surface area contributed by atoms with Gasteiger partial charge in [-0.05, 0) is 64.9 Å². The molecule has 8 heteroatoms. The molecule has 6 aromatic rings. The lowest BCUT2D eigenvalue weighted by molar-refractivity contribution is -0.212. The highest BCUT2D eigenvalue weighted by Crippen LogP contribution is 2.37. The Morgan fingerprint density at radius 1 is 0.500 bits per heavy atom. The van der Waals surface area contributed by atoms with Crippen molar-refractivity contribution >= 4 is 33.5 Å². The highest BCUT2D eigenvalue weighted by Gasteiger charge is 2.45. The van der Waals surface area contributed by atoms with Crippen LogP contribution in [0.4, 0.5) is 0 Å². The first-order valence-corrected chi connectivity index (χ1v) is 18.2. The van der Waals surface area contributed by atoms with Crippen LogP contribution in [0.25, 0.3) is 21.5 Å². The highest BCUT2D eigenvalue weighted by atomic mass is 16.6. The molecule has 0 amide bonds. The maximum Gasteiger partial charge on any atom is 0.419 e. The van der Waals surface area contributed by atoms with Gasteiger partial charge in [-0.1, -0.05) is 132 Å². The molecule has 0 aliphatic carbocycles. The molecular formula is C46H48N2O6. The van der Waals surface area contributed by atoms with Crippen LogP contribution in [0.5, 0.6) is 11.5 Å². The summed E-state index contributed by atoms with van der Waals surface area (Å²) in [4.78, 5) is 31.9. The molecule has 0 spiro atoms. The second kappa shape index (κ2) is 16.5. The molecule has 2 unspecified atom stereocenters. The maximum absolute atomic E-state index is 14.2. The lowest BCUT2D eigenvalue weighted by atomic mass is 9.96. The number of aryl methyl sites for hydroxylation is 2. The minimum absolute atomic E-state index is 0.193. The molecule has 2 atom stereocenters. The quantitative estimate of drug-likeness (QED) is 0.0627. The fraction of sp³-hybridized carbons (Fsp3) is 0.261. The smallest absolute Gasteiger partial charge is 0.419 e. The Balaban J connectivity index is 1.28. The van der Waals surface area contributed by atoms with Crippen molar-refractivity contribution in [2.24, 2.45) is 0 Å². The van der Waals surface area contributed by atoms with Crippen molar-refractivity contribution in [1.82, 2.24) is 9.80 Å². The van der Waals surface area contributed by atoms with Crippen LogP contribution in [-0.2, 0) is 30.5 Å². The first-order valence-electron chi connectivity index (χ1n) is 18.2. The number of benzene rings is 6. The number of carbonyl (C=O) groups excluding carboxylic acids is 2. The lowest BCUT2D eigenvalue weighted by Gasteiger charge is -2.41. The number of hydrogen-bond donors (Lipinski definition) is 0. The van der Waals surface area contributed by atoms with E-state index in [0.29, 0.717) is 11.1 Å². The molecule has 8 nitrogen and oxygen atoms in total. The van der Waals surface area contributed by atoms with Gasteiger partial charge in [0.15, 0.2) is 11.4 Å². The molecule has 0 aliphatic rings. The number of fused-ring (bicyclic) bond motifs is 2. The van der Waals surface area contributed by atoms with E-state index in [0.717, 1.165) is 44.2 Å². The normalized spacial score (nSPS) is 13.7. The van der Waals surface area contributed by atoms with Gasteiger partial charge < -0.3 is 18.9 Å². The Kier molecular flexibility index (Phi) is 11.6. The van der Waals surface area contributed by atoms with E-state index in [-0.39, 0.29) is 26.1 Å². The van der Waals surface area contributed by atoms with Gasteiger partial charge in [0, 0.05) is 34.7 Å². The zero-order valence-electron chi connectivity index (χ0n) is 31.9. The maximum atomic E-state index is 14.2. The number of ether oxygens (including phenoxy) is 4. The molecule has 0 N–H and O–H groups in total. The van der Waals surface area contributed by atoms with Crippen LogP contribution < -0.4 is 9.47 Å². The summed E-state index contributed by atoms with van der Waals surface area (Å²) in [5.41, 5.74) is 0.629. The molecule has 6 rings (SSSR count). The second-order valence-electron chi connectivity index (χ2n) is 14.0. The zero-order valence-corrected chi connectivity index (χ0v) is 31.9.